The second kappa shape index (κ2) is 5.97. The zero-order valence-electron chi connectivity index (χ0n) is 14.2. The van der Waals surface area contributed by atoms with Gasteiger partial charge in [-0.25, -0.2) is 0 Å². The number of esters is 1. The molecule has 2 heterocycles. The van der Waals surface area contributed by atoms with Gasteiger partial charge >= 0.3 is 12.1 Å². The number of alkyl halides is 3. The molecule has 7 heteroatoms. The predicted octanol–water partition coefficient (Wildman–Crippen LogP) is 4.00. The molecule has 27 heavy (non-hydrogen) atoms. The molecular weight excluding hydrogens is 359 g/mol. The van der Waals surface area contributed by atoms with Gasteiger partial charge in [-0.15, -0.1) is 0 Å². The summed E-state index contributed by atoms with van der Waals surface area (Å²) >= 11 is 0. The first kappa shape index (κ1) is 17.3. The van der Waals surface area contributed by atoms with Gasteiger partial charge < -0.3 is 9.30 Å². The van der Waals surface area contributed by atoms with E-state index in [-0.39, 0.29) is 23.3 Å². The number of rotatable bonds is 1. The van der Waals surface area contributed by atoms with Crippen LogP contribution < -0.4 is 10.3 Å². The number of nitrogens with zero attached hydrogens (tertiary/aromatic N) is 1. The molecule has 0 fully saturated rings. The van der Waals surface area contributed by atoms with Crippen molar-refractivity contribution in [1.29, 1.82) is 0 Å². The molecule has 1 aliphatic rings. The van der Waals surface area contributed by atoms with E-state index in [9.17, 15) is 22.8 Å². The first-order valence-electron chi connectivity index (χ1n) is 8.27. The van der Waals surface area contributed by atoms with Crippen LogP contribution in [0.4, 0.5) is 13.2 Å². The molecule has 0 amide bonds. The number of pyridine rings is 1. The number of aromatic nitrogens is 1. The SMILES string of the molecule is Cn1c(=O)c2c(c3ccccc31)OC(=O)C[C@@H]2c1ccccc1C(F)(F)F. The van der Waals surface area contributed by atoms with E-state index >= 15 is 0 Å². The minimum absolute atomic E-state index is 0.0481. The molecule has 1 aromatic heterocycles. The predicted molar refractivity (Wildman–Crippen MR) is 92.7 cm³/mol. The van der Waals surface area contributed by atoms with Crippen LogP contribution in [0.5, 0.6) is 5.75 Å². The van der Waals surface area contributed by atoms with Gasteiger partial charge in [-0.2, -0.15) is 13.2 Å². The Morgan fingerprint density at radius 1 is 1.04 bits per heavy atom. The van der Waals surface area contributed by atoms with Crippen molar-refractivity contribution in [3.05, 3.63) is 75.6 Å². The summed E-state index contributed by atoms with van der Waals surface area (Å²) in [5.41, 5.74) is -0.814. The molecule has 4 rings (SSSR count). The van der Waals surface area contributed by atoms with Crippen molar-refractivity contribution in [3.8, 4) is 5.75 Å². The Bertz CT molecular complexity index is 1130. The number of fused-ring (bicyclic) bond motifs is 3. The number of benzene rings is 2. The quantitative estimate of drug-likeness (QED) is 0.606. The molecular formula is C20H14F3NO3. The maximum atomic E-state index is 13.5. The van der Waals surface area contributed by atoms with E-state index < -0.39 is 29.2 Å². The molecule has 0 saturated heterocycles. The molecule has 0 saturated carbocycles. The molecule has 1 atom stereocenters. The van der Waals surface area contributed by atoms with Crippen LogP contribution >= 0.6 is 0 Å². The van der Waals surface area contributed by atoms with Crippen molar-refractivity contribution in [2.45, 2.75) is 18.5 Å². The van der Waals surface area contributed by atoms with E-state index in [0.29, 0.717) is 10.9 Å². The van der Waals surface area contributed by atoms with Crippen LogP contribution in [0.3, 0.4) is 0 Å². The highest BCUT2D eigenvalue weighted by atomic mass is 19.4. The summed E-state index contributed by atoms with van der Waals surface area (Å²) in [6.45, 7) is 0. The van der Waals surface area contributed by atoms with E-state index in [1.807, 2.05) is 0 Å². The zero-order valence-corrected chi connectivity index (χ0v) is 14.2. The van der Waals surface area contributed by atoms with Gasteiger partial charge in [-0.1, -0.05) is 30.3 Å². The molecule has 1 aliphatic heterocycles. The fourth-order valence-electron chi connectivity index (χ4n) is 3.66. The largest absolute Gasteiger partial charge is 0.425 e. The van der Waals surface area contributed by atoms with Gasteiger partial charge in [0.15, 0.2) is 0 Å². The number of para-hydroxylation sites is 1. The lowest BCUT2D eigenvalue weighted by molar-refractivity contribution is -0.140. The van der Waals surface area contributed by atoms with Gasteiger partial charge in [-0.05, 0) is 23.8 Å². The van der Waals surface area contributed by atoms with Crippen LogP contribution in [0, 0.1) is 0 Å². The standard InChI is InChI=1S/C20H14F3NO3/c1-24-15-9-5-3-7-12(15)18-17(19(24)26)13(10-16(25)27-18)11-6-2-4-8-14(11)20(21,22)23/h2-9,13H,10H2,1H3/t13-/m1/s1. The number of carbonyl (C=O) groups excluding carboxylic acids is 1. The maximum Gasteiger partial charge on any atom is 0.416 e. The first-order chi connectivity index (χ1) is 12.8. The molecule has 4 nitrogen and oxygen atoms in total. The fraction of sp³-hybridized carbons (Fsp3) is 0.200. The minimum Gasteiger partial charge on any atom is -0.425 e. The highest BCUT2D eigenvalue weighted by Crippen LogP contribution is 2.44. The zero-order chi connectivity index (χ0) is 19.3. The van der Waals surface area contributed by atoms with Gasteiger partial charge in [0, 0.05) is 18.4 Å². The summed E-state index contributed by atoms with van der Waals surface area (Å²) in [5, 5.41) is 0.511. The van der Waals surface area contributed by atoms with Gasteiger partial charge in [0.1, 0.15) is 5.75 Å². The molecule has 0 radical (unpaired) electrons. The summed E-state index contributed by atoms with van der Waals surface area (Å²) in [7, 11) is 1.55. The smallest absolute Gasteiger partial charge is 0.416 e. The molecule has 0 bridgehead atoms. The number of aryl methyl sites for hydroxylation is 1. The van der Waals surface area contributed by atoms with Gasteiger partial charge in [0.05, 0.1) is 23.1 Å². The van der Waals surface area contributed by atoms with E-state index in [4.69, 9.17) is 4.74 Å². The molecule has 3 aromatic rings. The Morgan fingerprint density at radius 2 is 1.70 bits per heavy atom. The van der Waals surface area contributed by atoms with Crippen molar-refractivity contribution in [2.24, 2.45) is 7.05 Å². The van der Waals surface area contributed by atoms with Gasteiger partial charge in [0.2, 0.25) is 0 Å². The highest BCUT2D eigenvalue weighted by molar-refractivity contribution is 5.91. The Hall–Kier alpha value is -3.09. The van der Waals surface area contributed by atoms with Crippen molar-refractivity contribution in [3.63, 3.8) is 0 Å². The second-order valence-electron chi connectivity index (χ2n) is 6.44. The lowest BCUT2D eigenvalue weighted by Gasteiger charge is -2.28. The lowest BCUT2D eigenvalue weighted by atomic mass is 9.83. The Labute approximate surface area is 151 Å². The van der Waals surface area contributed by atoms with Crippen molar-refractivity contribution < 1.29 is 22.7 Å². The van der Waals surface area contributed by atoms with E-state index in [0.717, 1.165) is 6.07 Å². The van der Waals surface area contributed by atoms with Crippen LogP contribution in [0.2, 0.25) is 0 Å². The summed E-state index contributed by atoms with van der Waals surface area (Å²) in [6, 6.07) is 11.8. The van der Waals surface area contributed by atoms with Gasteiger partial charge in [0.25, 0.3) is 5.56 Å². The lowest BCUT2D eigenvalue weighted by Crippen LogP contribution is -2.32. The molecule has 0 unspecified atom stereocenters. The molecule has 0 spiro atoms. The number of ether oxygens (including phenoxy) is 1. The monoisotopic (exact) mass is 373 g/mol. The second-order valence-corrected chi connectivity index (χ2v) is 6.44. The van der Waals surface area contributed by atoms with Crippen LogP contribution in [-0.4, -0.2) is 10.5 Å². The Kier molecular flexibility index (Phi) is 3.83. The summed E-state index contributed by atoms with van der Waals surface area (Å²) in [4.78, 5) is 25.2. The highest BCUT2D eigenvalue weighted by Gasteiger charge is 2.40. The normalized spacial score (nSPS) is 16.9. The fourth-order valence-corrected chi connectivity index (χ4v) is 3.66. The number of hydrogen-bond acceptors (Lipinski definition) is 3. The third kappa shape index (κ3) is 2.70. The van der Waals surface area contributed by atoms with E-state index in [2.05, 4.69) is 0 Å². The first-order valence-corrected chi connectivity index (χ1v) is 8.27. The van der Waals surface area contributed by atoms with Crippen LogP contribution in [0.25, 0.3) is 10.9 Å². The van der Waals surface area contributed by atoms with Crippen LogP contribution in [0.15, 0.2) is 53.3 Å². The summed E-state index contributed by atoms with van der Waals surface area (Å²) in [6.07, 6.45) is -4.92. The summed E-state index contributed by atoms with van der Waals surface area (Å²) in [5.74, 6) is -1.64. The molecule has 0 N–H and O–H groups in total. The topological polar surface area (TPSA) is 48.3 Å². The number of halogens is 3. The van der Waals surface area contributed by atoms with Crippen LogP contribution in [0.1, 0.15) is 29.0 Å². The average molecular weight is 373 g/mol. The molecule has 138 valence electrons. The third-order valence-electron chi connectivity index (χ3n) is 4.87. The minimum atomic E-state index is -4.60. The average Bonchev–Trinajstić information content (AvgIpc) is 2.64. The Morgan fingerprint density at radius 3 is 2.44 bits per heavy atom. The van der Waals surface area contributed by atoms with Crippen LogP contribution in [-0.2, 0) is 18.0 Å². The maximum absolute atomic E-state index is 13.5. The van der Waals surface area contributed by atoms with Crippen molar-refractivity contribution in [1.82, 2.24) is 4.57 Å². The third-order valence-corrected chi connectivity index (χ3v) is 4.87. The summed E-state index contributed by atoms with van der Waals surface area (Å²) < 4.78 is 47.2. The van der Waals surface area contributed by atoms with Gasteiger partial charge in [-0.3, -0.25) is 9.59 Å². The number of hydrogen-bond donors (Lipinski definition) is 0. The number of carbonyl (C=O) groups is 1. The van der Waals surface area contributed by atoms with Crippen molar-refractivity contribution in [2.75, 3.05) is 0 Å². The van der Waals surface area contributed by atoms with Crippen molar-refractivity contribution >= 4 is 16.9 Å². The van der Waals surface area contributed by atoms with E-state index in [1.54, 1.807) is 31.3 Å². The molecule has 2 aromatic carbocycles. The Balaban J connectivity index is 2.07. The molecule has 0 aliphatic carbocycles. The van der Waals surface area contributed by atoms with E-state index in [1.165, 1.54) is 22.8 Å².